The van der Waals surface area contributed by atoms with Crippen LogP contribution in [0, 0.1) is 6.92 Å². The number of aryl methyl sites for hydroxylation is 2. The van der Waals surface area contributed by atoms with E-state index in [1.165, 1.54) is 18.2 Å². The molecular formula is C35H39F2N3O5S. The van der Waals surface area contributed by atoms with Gasteiger partial charge in [0.15, 0.2) is 10.6 Å². The zero-order chi connectivity index (χ0) is 32.9. The summed E-state index contributed by atoms with van der Waals surface area (Å²) in [6, 6.07) is 18.9. The van der Waals surface area contributed by atoms with Crippen molar-refractivity contribution in [2.45, 2.75) is 57.4 Å². The Balaban J connectivity index is 1.39. The van der Waals surface area contributed by atoms with Gasteiger partial charge in [-0.05, 0) is 97.2 Å². The quantitative estimate of drug-likeness (QED) is 0.0716. The largest absolute Gasteiger partial charge is 0.611 e. The first-order chi connectivity index (χ1) is 22.3. The van der Waals surface area contributed by atoms with E-state index in [-0.39, 0.29) is 5.75 Å². The lowest BCUT2D eigenvalue weighted by molar-refractivity contribution is -0.111. The molecule has 46 heavy (non-hydrogen) atoms. The lowest BCUT2D eigenvalue weighted by atomic mass is 10.0. The molecule has 1 N–H and O–H groups in total. The van der Waals surface area contributed by atoms with Crippen LogP contribution in [-0.2, 0) is 33.0 Å². The molecule has 0 aliphatic carbocycles. The molecule has 0 aliphatic heterocycles. The van der Waals surface area contributed by atoms with Crippen LogP contribution in [0.4, 0.5) is 14.5 Å². The average molecular weight is 652 g/mol. The third-order valence-corrected chi connectivity index (χ3v) is 8.45. The summed E-state index contributed by atoms with van der Waals surface area (Å²) < 4.78 is 57.1. The molecule has 0 fully saturated rings. The van der Waals surface area contributed by atoms with Crippen LogP contribution in [0.25, 0.3) is 17.2 Å². The van der Waals surface area contributed by atoms with Gasteiger partial charge in [0, 0.05) is 30.5 Å². The van der Waals surface area contributed by atoms with E-state index in [1.807, 2.05) is 42.7 Å². The SMILES string of the molecule is CCCCOCCOc1ccc(-c2ccc(OC(F)F)c(/C=C/C(=O)Nc3ccc([S@+]([O-])Cc4c(C)ncn4CC)cc3)c2)cc1. The van der Waals surface area contributed by atoms with Gasteiger partial charge in [0.25, 0.3) is 0 Å². The zero-order valence-corrected chi connectivity index (χ0v) is 27.0. The van der Waals surface area contributed by atoms with Crippen LogP contribution in [0.15, 0.2) is 84.0 Å². The number of nitrogens with zero attached hydrogens (tertiary/aromatic N) is 2. The third kappa shape index (κ3) is 10.2. The molecule has 0 unspecified atom stereocenters. The number of alkyl halides is 2. The minimum atomic E-state index is -3.02. The first-order valence-electron chi connectivity index (χ1n) is 15.1. The number of hydrogen-bond acceptors (Lipinski definition) is 6. The van der Waals surface area contributed by atoms with Crippen molar-refractivity contribution >= 4 is 28.8 Å². The Morgan fingerprint density at radius 2 is 1.76 bits per heavy atom. The van der Waals surface area contributed by atoms with Gasteiger partial charge < -0.3 is 28.6 Å². The highest BCUT2D eigenvalue weighted by molar-refractivity contribution is 7.90. The van der Waals surface area contributed by atoms with E-state index in [0.29, 0.717) is 47.5 Å². The summed E-state index contributed by atoms with van der Waals surface area (Å²) >= 11 is -1.29. The number of hydrogen-bond donors (Lipinski definition) is 1. The van der Waals surface area contributed by atoms with Gasteiger partial charge in [-0.1, -0.05) is 31.5 Å². The number of carbonyl (C=O) groups is 1. The molecular weight excluding hydrogens is 612 g/mol. The number of nitrogens with one attached hydrogen (secondary N) is 1. The van der Waals surface area contributed by atoms with Gasteiger partial charge in [-0.3, -0.25) is 4.79 Å². The fourth-order valence-corrected chi connectivity index (χ4v) is 5.82. The molecule has 1 heterocycles. The van der Waals surface area contributed by atoms with Gasteiger partial charge in [-0.2, -0.15) is 8.78 Å². The van der Waals surface area contributed by atoms with E-state index in [9.17, 15) is 18.1 Å². The molecule has 8 nitrogen and oxygen atoms in total. The van der Waals surface area contributed by atoms with E-state index in [0.717, 1.165) is 41.9 Å². The second kappa shape index (κ2) is 17.5. The van der Waals surface area contributed by atoms with Gasteiger partial charge >= 0.3 is 6.61 Å². The number of carbonyl (C=O) groups excluding carboxylic acids is 1. The third-order valence-electron chi connectivity index (χ3n) is 7.11. The van der Waals surface area contributed by atoms with Crippen molar-refractivity contribution in [2.75, 3.05) is 25.1 Å². The number of unbranched alkanes of at least 4 members (excludes halogenated alkanes) is 1. The first-order valence-corrected chi connectivity index (χ1v) is 16.5. The lowest BCUT2D eigenvalue weighted by Gasteiger charge is -2.13. The number of ether oxygens (including phenoxy) is 3. The Morgan fingerprint density at radius 1 is 1.02 bits per heavy atom. The maximum Gasteiger partial charge on any atom is 0.387 e. The molecule has 0 radical (unpaired) electrons. The minimum absolute atomic E-state index is 0.0580. The van der Waals surface area contributed by atoms with Gasteiger partial charge in [0.05, 0.1) is 24.3 Å². The summed E-state index contributed by atoms with van der Waals surface area (Å²) in [6.45, 7) is 5.39. The van der Waals surface area contributed by atoms with Crippen molar-refractivity contribution in [2.24, 2.45) is 0 Å². The summed E-state index contributed by atoms with van der Waals surface area (Å²) in [5.41, 5.74) is 4.16. The summed E-state index contributed by atoms with van der Waals surface area (Å²) in [5, 5.41) is 2.74. The lowest BCUT2D eigenvalue weighted by Crippen LogP contribution is -2.11. The predicted octanol–water partition coefficient (Wildman–Crippen LogP) is 7.64. The number of anilines is 1. The molecule has 4 rings (SSSR count). The number of imidazole rings is 1. The van der Waals surface area contributed by atoms with Crippen molar-refractivity contribution < 1.29 is 32.3 Å². The second-order valence-electron chi connectivity index (χ2n) is 10.4. The Labute approximate surface area is 271 Å². The molecule has 0 saturated carbocycles. The molecule has 0 saturated heterocycles. The second-order valence-corrected chi connectivity index (χ2v) is 11.8. The molecule has 0 bridgehead atoms. The molecule has 4 aromatic rings. The Bertz CT molecular complexity index is 1580. The van der Waals surface area contributed by atoms with Crippen LogP contribution in [0.1, 0.15) is 43.6 Å². The number of aromatic nitrogens is 2. The summed E-state index contributed by atoms with van der Waals surface area (Å²) in [5.74, 6) is 0.501. The monoisotopic (exact) mass is 651 g/mol. The molecule has 244 valence electrons. The van der Waals surface area contributed by atoms with E-state index in [4.69, 9.17) is 14.2 Å². The van der Waals surface area contributed by atoms with E-state index in [2.05, 4.69) is 17.2 Å². The number of benzene rings is 3. The summed E-state index contributed by atoms with van der Waals surface area (Å²) in [4.78, 5) is 17.7. The Kier molecular flexibility index (Phi) is 13.2. The Hall–Kier alpha value is -4.19. The van der Waals surface area contributed by atoms with Crippen LogP contribution in [-0.4, -0.2) is 46.4 Å². The van der Waals surface area contributed by atoms with Crippen LogP contribution in [0.2, 0.25) is 0 Å². The predicted molar refractivity (Wildman–Crippen MR) is 177 cm³/mol. The number of amides is 1. The highest BCUT2D eigenvalue weighted by Gasteiger charge is 2.17. The highest BCUT2D eigenvalue weighted by atomic mass is 32.2. The van der Waals surface area contributed by atoms with Crippen LogP contribution in [0.5, 0.6) is 11.5 Å². The Morgan fingerprint density at radius 3 is 2.46 bits per heavy atom. The van der Waals surface area contributed by atoms with Crippen LogP contribution < -0.4 is 14.8 Å². The zero-order valence-electron chi connectivity index (χ0n) is 26.2. The topological polar surface area (TPSA) is 97.7 Å². The van der Waals surface area contributed by atoms with Gasteiger partial charge in [0.1, 0.15) is 18.1 Å². The molecule has 11 heteroatoms. The maximum atomic E-state index is 13.1. The molecule has 0 spiro atoms. The standard InChI is InChI=1S/C35H39F2N3O5S/c1-4-6-19-43-20-21-44-30-13-7-26(8-14-30)27-9-17-33(45-35(36)37)28(22-27)10-18-34(41)39-29-11-15-31(16-12-29)46(42)23-32-25(3)38-24-40(32)5-2/h7-18,22,24,35H,4-6,19-21,23H2,1-3H3,(H,39,41)/b18-10+/t46-/m1/s1. The van der Waals surface area contributed by atoms with E-state index >= 15 is 0 Å². The molecule has 1 aromatic heterocycles. The fourth-order valence-electron chi connectivity index (χ4n) is 4.59. The van der Waals surface area contributed by atoms with Crippen LogP contribution in [0.3, 0.4) is 0 Å². The highest BCUT2D eigenvalue weighted by Crippen LogP contribution is 2.30. The molecule has 1 atom stereocenters. The summed E-state index contributed by atoms with van der Waals surface area (Å²) in [6.07, 6.45) is 6.51. The van der Waals surface area contributed by atoms with Crippen molar-refractivity contribution in [3.8, 4) is 22.6 Å². The van der Waals surface area contributed by atoms with E-state index in [1.54, 1.807) is 42.7 Å². The first kappa shape index (κ1) is 34.7. The number of rotatable bonds is 17. The van der Waals surface area contributed by atoms with Crippen molar-refractivity contribution in [3.05, 3.63) is 96.1 Å². The fraction of sp³-hybridized carbons (Fsp3) is 0.314. The molecule has 1 amide bonds. The van der Waals surface area contributed by atoms with Crippen LogP contribution >= 0.6 is 0 Å². The maximum absolute atomic E-state index is 13.1. The molecule has 0 aliphatic rings. The minimum Gasteiger partial charge on any atom is -0.611 e. The normalized spacial score (nSPS) is 12.1. The van der Waals surface area contributed by atoms with Gasteiger partial charge in [0.2, 0.25) is 5.91 Å². The van der Waals surface area contributed by atoms with Gasteiger partial charge in [-0.15, -0.1) is 0 Å². The van der Waals surface area contributed by atoms with Crippen molar-refractivity contribution in [1.29, 1.82) is 0 Å². The van der Waals surface area contributed by atoms with Gasteiger partial charge in [-0.25, -0.2) is 4.98 Å². The number of halogens is 2. The summed E-state index contributed by atoms with van der Waals surface area (Å²) in [7, 11) is 0. The average Bonchev–Trinajstić information content (AvgIpc) is 3.41. The molecule has 3 aromatic carbocycles. The smallest absolute Gasteiger partial charge is 0.387 e. The van der Waals surface area contributed by atoms with Crippen molar-refractivity contribution in [1.82, 2.24) is 9.55 Å². The van der Waals surface area contributed by atoms with Crippen molar-refractivity contribution in [3.63, 3.8) is 0 Å². The van der Waals surface area contributed by atoms with E-state index < -0.39 is 23.7 Å².